The number of urea groups is 1. The molecule has 0 radical (unpaired) electrons. The maximum Gasteiger partial charge on any atom is 0.323 e. The Hall–Kier alpha value is -1.59. The zero-order valence-electron chi connectivity index (χ0n) is 8.87. The minimum atomic E-state index is -0.499. The van der Waals surface area contributed by atoms with Gasteiger partial charge in [0.25, 0.3) is 0 Å². The SMILES string of the molecule is CCOC(=O)CC1C(=N)NC(=O)N1CC. The third kappa shape index (κ3) is 2.45. The van der Waals surface area contributed by atoms with Crippen molar-refractivity contribution in [3.63, 3.8) is 0 Å². The summed E-state index contributed by atoms with van der Waals surface area (Å²) in [6.45, 7) is 4.31. The van der Waals surface area contributed by atoms with E-state index in [9.17, 15) is 9.59 Å². The van der Waals surface area contributed by atoms with Gasteiger partial charge in [-0.25, -0.2) is 4.79 Å². The third-order valence-electron chi connectivity index (χ3n) is 2.22. The first kappa shape index (κ1) is 11.5. The Labute approximate surface area is 88.1 Å². The average molecular weight is 213 g/mol. The van der Waals surface area contributed by atoms with Crippen LogP contribution < -0.4 is 5.32 Å². The molecule has 1 rings (SSSR count). The predicted octanol–water partition coefficient (Wildman–Crippen LogP) is 0.331. The number of nitrogens with one attached hydrogen (secondary N) is 2. The van der Waals surface area contributed by atoms with Gasteiger partial charge in [-0.15, -0.1) is 0 Å². The van der Waals surface area contributed by atoms with E-state index in [0.717, 1.165) is 0 Å². The first-order valence-corrected chi connectivity index (χ1v) is 4.91. The first-order chi connectivity index (χ1) is 7.10. The summed E-state index contributed by atoms with van der Waals surface area (Å²) in [6, 6.07) is -0.821. The van der Waals surface area contributed by atoms with Crippen LogP contribution in [-0.2, 0) is 9.53 Å². The minimum Gasteiger partial charge on any atom is -0.466 e. The average Bonchev–Trinajstić information content (AvgIpc) is 2.42. The van der Waals surface area contributed by atoms with Crippen LogP contribution in [0.15, 0.2) is 0 Å². The molecule has 0 aromatic heterocycles. The van der Waals surface area contributed by atoms with E-state index in [1.165, 1.54) is 4.90 Å². The van der Waals surface area contributed by atoms with Crippen molar-refractivity contribution in [1.29, 1.82) is 5.41 Å². The number of carbonyl (C=O) groups excluding carboxylic acids is 2. The van der Waals surface area contributed by atoms with E-state index in [1.54, 1.807) is 13.8 Å². The number of likely N-dealkylation sites (N-methyl/N-ethyl adjacent to an activating group) is 1. The number of hydrogen-bond acceptors (Lipinski definition) is 4. The Morgan fingerprint density at radius 1 is 1.60 bits per heavy atom. The van der Waals surface area contributed by atoms with E-state index < -0.39 is 6.04 Å². The van der Waals surface area contributed by atoms with Gasteiger partial charge in [0.2, 0.25) is 0 Å². The Morgan fingerprint density at radius 2 is 2.27 bits per heavy atom. The molecule has 2 amide bonds. The van der Waals surface area contributed by atoms with Crippen LogP contribution in [0, 0.1) is 5.41 Å². The third-order valence-corrected chi connectivity index (χ3v) is 2.22. The largest absolute Gasteiger partial charge is 0.466 e. The number of carbonyl (C=O) groups is 2. The fourth-order valence-electron chi connectivity index (χ4n) is 1.52. The van der Waals surface area contributed by atoms with Gasteiger partial charge in [0.05, 0.1) is 13.0 Å². The van der Waals surface area contributed by atoms with E-state index in [2.05, 4.69) is 5.32 Å². The molecule has 0 saturated carbocycles. The van der Waals surface area contributed by atoms with E-state index in [1.807, 2.05) is 0 Å². The molecule has 1 saturated heterocycles. The van der Waals surface area contributed by atoms with Crippen LogP contribution in [-0.4, -0.2) is 41.9 Å². The number of esters is 1. The number of amidine groups is 1. The quantitative estimate of drug-likeness (QED) is 0.660. The Bertz CT molecular complexity index is 290. The van der Waals surface area contributed by atoms with Crippen molar-refractivity contribution in [3.8, 4) is 0 Å². The van der Waals surface area contributed by atoms with Crippen molar-refractivity contribution in [2.75, 3.05) is 13.2 Å². The van der Waals surface area contributed by atoms with Crippen LogP contribution in [0.4, 0.5) is 4.79 Å². The molecule has 84 valence electrons. The summed E-state index contributed by atoms with van der Waals surface area (Å²) in [6.07, 6.45) is 0.0409. The Balaban J connectivity index is 2.63. The summed E-state index contributed by atoms with van der Waals surface area (Å²) >= 11 is 0. The van der Waals surface area contributed by atoms with E-state index >= 15 is 0 Å². The molecule has 1 atom stereocenters. The lowest BCUT2D eigenvalue weighted by Gasteiger charge is -2.19. The Kier molecular flexibility index (Phi) is 3.65. The van der Waals surface area contributed by atoms with E-state index in [0.29, 0.717) is 13.2 Å². The van der Waals surface area contributed by atoms with Crippen LogP contribution in [0.2, 0.25) is 0 Å². The van der Waals surface area contributed by atoms with Gasteiger partial charge in [-0.1, -0.05) is 0 Å². The molecule has 1 heterocycles. The van der Waals surface area contributed by atoms with Gasteiger partial charge in [-0.3, -0.25) is 15.5 Å². The van der Waals surface area contributed by atoms with Crippen molar-refractivity contribution in [2.45, 2.75) is 26.3 Å². The van der Waals surface area contributed by atoms with Gasteiger partial charge in [-0.2, -0.15) is 0 Å². The summed E-state index contributed by atoms with van der Waals surface area (Å²) in [5.41, 5.74) is 0. The van der Waals surface area contributed by atoms with Crippen molar-refractivity contribution in [3.05, 3.63) is 0 Å². The number of nitrogens with zero attached hydrogens (tertiary/aromatic N) is 1. The molecule has 1 unspecified atom stereocenters. The second kappa shape index (κ2) is 4.77. The van der Waals surface area contributed by atoms with E-state index in [-0.39, 0.29) is 24.3 Å². The summed E-state index contributed by atoms with van der Waals surface area (Å²) in [5, 5.41) is 9.89. The molecule has 0 aliphatic carbocycles. The Morgan fingerprint density at radius 3 is 2.80 bits per heavy atom. The lowest BCUT2D eigenvalue weighted by molar-refractivity contribution is -0.143. The molecule has 1 fully saturated rings. The topological polar surface area (TPSA) is 82.5 Å². The first-order valence-electron chi connectivity index (χ1n) is 4.91. The zero-order chi connectivity index (χ0) is 11.4. The second-order valence-electron chi connectivity index (χ2n) is 3.15. The summed E-state index contributed by atoms with van der Waals surface area (Å²) in [5.74, 6) is -0.322. The van der Waals surface area contributed by atoms with E-state index in [4.69, 9.17) is 10.1 Å². The molecule has 6 heteroatoms. The number of rotatable bonds is 4. The molecule has 1 aliphatic heterocycles. The maximum atomic E-state index is 11.3. The molecule has 0 bridgehead atoms. The maximum absolute atomic E-state index is 11.3. The monoisotopic (exact) mass is 213 g/mol. The molecule has 2 N–H and O–H groups in total. The van der Waals surface area contributed by atoms with Crippen molar-refractivity contribution in [2.24, 2.45) is 0 Å². The van der Waals surface area contributed by atoms with Gasteiger partial charge in [0.1, 0.15) is 11.9 Å². The molecule has 15 heavy (non-hydrogen) atoms. The lowest BCUT2D eigenvalue weighted by Crippen LogP contribution is -2.36. The number of hydrogen-bond donors (Lipinski definition) is 2. The molecular weight excluding hydrogens is 198 g/mol. The van der Waals surface area contributed by atoms with Gasteiger partial charge in [0, 0.05) is 6.54 Å². The fourth-order valence-corrected chi connectivity index (χ4v) is 1.52. The molecule has 6 nitrogen and oxygen atoms in total. The van der Waals surface area contributed by atoms with Crippen LogP contribution in [0.1, 0.15) is 20.3 Å². The molecule has 1 aliphatic rings. The normalized spacial score (nSPS) is 20.4. The summed E-state index contributed by atoms with van der Waals surface area (Å²) < 4.78 is 4.78. The highest BCUT2D eigenvalue weighted by Gasteiger charge is 2.36. The number of amides is 2. The van der Waals surface area contributed by atoms with Gasteiger partial charge >= 0.3 is 12.0 Å². The fraction of sp³-hybridized carbons (Fsp3) is 0.667. The second-order valence-corrected chi connectivity index (χ2v) is 3.15. The van der Waals surface area contributed by atoms with Crippen molar-refractivity contribution in [1.82, 2.24) is 10.2 Å². The van der Waals surface area contributed by atoms with Crippen molar-refractivity contribution < 1.29 is 14.3 Å². The smallest absolute Gasteiger partial charge is 0.323 e. The molecule has 0 aromatic rings. The highest BCUT2D eigenvalue weighted by atomic mass is 16.5. The van der Waals surface area contributed by atoms with Crippen molar-refractivity contribution >= 4 is 17.8 Å². The van der Waals surface area contributed by atoms with Gasteiger partial charge in [0.15, 0.2) is 0 Å². The summed E-state index contributed by atoms with van der Waals surface area (Å²) in [4.78, 5) is 24.0. The highest BCUT2D eigenvalue weighted by molar-refractivity contribution is 6.06. The predicted molar refractivity (Wildman–Crippen MR) is 53.7 cm³/mol. The number of ether oxygens (including phenoxy) is 1. The minimum absolute atomic E-state index is 0.0409. The molecular formula is C9H15N3O3. The molecule has 0 spiro atoms. The van der Waals surface area contributed by atoms with Crippen LogP contribution >= 0.6 is 0 Å². The lowest BCUT2D eigenvalue weighted by atomic mass is 10.2. The highest BCUT2D eigenvalue weighted by Crippen LogP contribution is 2.12. The van der Waals surface area contributed by atoms with Gasteiger partial charge < -0.3 is 9.64 Å². The molecule has 0 aromatic carbocycles. The standard InChI is InChI=1S/C9H15N3O3/c1-3-12-6(5-7(13)15-4-2)8(10)11-9(12)14/h6H,3-5H2,1-2H3,(H2,10,11,14). The van der Waals surface area contributed by atoms with Crippen LogP contribution in [0.3, 0.4) is 0 Å². The van der Waals surface area contributed by atoms with Gasteiger partial charge in [-0.05, 0) is 13.8 Å². The zero-order valence-corrected chi connectivity index (χ0v) is 8.87. The van der Waals surface area contributed by atoms with Crippen LogP contribution in [0.5, 0.6) is 0 Å². The van der Waals surface area contributed by atoms with Crippen LogP contribution in [0.25, 0.3) is 0 Å². The summed E-state index contributed by atoms with van der Waals surface area (Å²) in [7, 11) is 0.